The predicted octanol–water partition coefficient (Wildman–Crippen LogP) is 15.1. The van der Waals surface area contributed by atoms with Crippen molar-refractivity contribution in [1.82, 2.24) is 5.32 Å². The van der Waals surface area contributed by atoms with Gasteiger partial charge < -0.3 is 28.8 Å². The SMILES string of the molecule is CC/C=C\C/C=C\C/C=C\C/C=C\C/C=C\C/C=C\CCCCCCCCCCCCCCCCC(=O)NC(COP(=O)([O-])OCC[N+](C)(C)C)C(O)/C=C/CCCCCCCCCC. The minimum Gasteiger partial charge on any atom is -0.756 e. The number of rotatable bonds is 47. The maximum atomic E-state index is 12.9. The van der Waals surface area contributed by atoms with Crippen LogP contribution in [0.1, 0.15) is 213 Å². The lowest BCUT2D eigenvalue weighted by molar-refractivity contribution is -0.870. The first kappa shape index (κ1) is 62.7. The molecule has 376 valence electrons. The molecule has 2 N–H and O–H groups in total. The Morgan fingerprint density at radius 3 is 1.37 bits per heavy atom. The summed E-state index contributed by atoms with van der Waals surface area (Å²) in [6, 6.07) is -0.888. The quantitative estimate of drug-likeness (QED) is 0.0272. The molecule has 0 radical (unpaired) electrons. The Hall–Kier alpha value is -2.32. The number of aliphatic hydroxyl groups excluding tert-OH is 1. The Morgan fingerprint density at radius 2 is 0.938 bits per heavy atom. The van der Waals surface area contributed by atoms with Crippen LogP contribution < -0.4 is 10.2 Å². The highest BCUT2D eigenvalue weighted by atomic mass is 31.2. The fraction of sp³-hybridized carbons (Fsp3) is 0.732. The van der Waals surface area contributed by atoms with Crippen LogP contribution in [0.3, 0.4) is 0 Å². The summed E-state index contributed by atoms with van der Waals surface area (Å²) in [4.78, 5) is 25.3. The lowest BCUT2D eigenvalue weighted by atomic mass is 10.0. The van der Waals surface area contributed by atoms with E-state index in [0.717, 1.165) is 77.0 Å². The van der Waals surface area contributed by atoms with Gasteiger partial charge in [0.05, 0.1) is 39.9 Å². The number of phosphoric ester groups is 1. The van der Waals surface area contributed by atoms with E-state index in [1.54, 1.807) is 6.08 Å². The van der Waals surface area contributed by atoms with E-state index in [1.807, 2.05) is 27.2 Å². The highest BCUT2D eigenvalue weighted by Gasteiger charge is 2.23. The van der Waals surface area contributed by atoms with Gasteiger partial charge in [0.15, 0.2) is 0 Å². The van der Waals surface area contributed by atoms with E-state index in [1.165, 1.54) is 116 Å². The highest BCUT2D eigenvalue weighted by molar-refractivity contribution is 7.45. The topological polar surface area (TPSA) is 108 Å². The van der Waals surface area contributed by atoms with Crippen molar-refractivity contribution in [3.8, 4) is 0 Å². The molecule has 0 fully saturated rings. The van der Waals surface area contributed by atoms with Crippen LogP contribution in [0.15, 0.2) is 85.1 Å². The van der Waals surface area contributed by atoms with Crippen LogP contribution in [0, 0.1) is 0 Å². The molecular weight excluding hydrogens is 828 g/mol. The summed E-state index contributed by atoms with van der Waals surface area (Å²) in [5.41, 5.74) is 0. The van der Waals surface area contributed by atoms with Crippen molar-refractivity contribution in [2.45, 2.75) is 225 Å². The molecule has 3 atom stereocenters. The van der Waals surface area contributed by atoms with Gasteiger partial charge in [0, 0.05) is 6.42 Å². The zero-order chi connectivity index (χ0) is 47.8. The van der Waals surface area contributed by atoms with Gasteiger partial charge in [-0.05, 0) is 70.6 Å². The normalized spacial score (nSPS) is 14.8. The first-order chi connectivity index (χ1) is 31.5. The van der Waals surface area contributed by atoms with E-state index in [-0.39, 0.29) is 19.1 Å². The van der Waals surface area contributed by atoms with Crippen molar-refractivity contribution < 1.29 is 32.9 Å². The summed E-state index contributed by atoms with van der Waals surface area (Å²) in [6.45, 7) is 4.50. The Balaban J connectivity index is 4.05. The van der Waals surface area contributed by atoms with Gasteiger partial charge in [-0.25, -0.2) is 0 Å². The second-order valence-electron chi connectivity index (χ2n) is 18.9. The number of amides is 1. The number of likely N-dealkylation sites (N-methyl/N-ethyl adjacent to an activating group) is 1. The molecule has 0 bridgehead atoms. The van der Waals surface area contributed by atoms with Crippen molar-refractivity contribution in [2.24, 2.45) is 0 Å². The van der Waals surface area contributed by atoms with Crippen LogP contribution in [0.25, 0.3) is 0 Å². The fourth-order valence-electron chi connectivity index (χ4n) is 7.21. The van der Waals surface area contributed by atoms with Crippen LogP contribution >= 0.6 is 7.82 Å². The van der Waals surface area contributed by atoms with E-state index >= 15 is 0 Å². The van der Waals surface area contributed by atoms with Crippen LogP contribution in [0.4, 0.5) is 0 Å². The second-order valence-corrected chi connectivity index (χ2v) is 20.3. The lowest BCUT2D eigenvalue weighted by Gasteiger charge is -2.29. The molecule has 3 unspecified atom stereocenters. The summed E-state index contributed by atoms with van der Waals surface area (Å²) >= 11 is 0. The molecular formula is C56H101N2O6P. The largest absolute Gasteiger partial charge is 0.756 e. The minimum absolute atomic E-state index is 0.00387. The third kappa shape index (κ3) is 49.4. The molecule has 0 heterocycles. The number of hydrogen-bond donors (Lipinski definition) is 2. The minimum atomic E-state index is -4.59. The predicted molar refractivity (Wildman–Crippen MR) is 279 cm³/mol. The molecule has 0 rings (SSSR count). The number of aliphatic hydroxyl groups is 1. The van der Waals surface area contributed by atoms with Gasteiger partial charge in [-0.15, -0.1) is 0 Å². The van der Waals surface area contributed by atoms with Crippen LogP contribution in [-0.4, -0.2) is 68.5 Å². The van der Waals surface area contributed by atoms with Crippen LogP contribution in [0.5, 0.6) is 0 Å². The number of nitrogens with one attached hydrogen (secondary N) is 1. The molecule has 0 aromatic carbocycles. The van der Waals surface area contributed by atoms with Crippen molar-refractivity contribution in [2.75, 3.05) is 40.9 Å². The lowest BCUT2D eigenvalue weighted by Crippen LogP contribution is -2.45. The second kappa shape index (κ2) is 46.8. The summed E-state index contributed by atoms with van der Waals surface area (Å²) < 4.78 is 23.2. The number of unbranched alkanes of at least 4 members (excludes halogenated alkanes) is 22. The zero-order valence-corrected chi connectivity index (χ0v) is 43.6. The van der Waals surface area contributed by atoms with Crippen molar-refractivity contribution in [3.05, 3.63) is 85.1 Å². The van der Waals surface area contributed by atoms with E-state index in [9.17, 15) is 19.4 Å². The third-order valence-electron chi connectivity index (χ3n) is 11.4. The Bertz CT molecular complexity index is 1330. The smallest absolute Gasteiger partial charge is 0.268 e. The van der Waals surface area contributed by atoms with Crippen molar-refractivity contribution in [3.63, 3.8) is 0 Å². The highest BCUT2D eigenvalue weighted by Crippen LogP contribution is 2.38. The van der Waals surface area contributed by atoms with Gasteiger partial charge in [-0.3, -0.25) is 9.36 Å². The number of carbonyl (C=O) groups excluding carboxylic acids is 1. The van der Waals surface area contributed by atoms with Gasteiger partial charge in [0.1, 0.15) is 13.2 Å². The molecule has 0 saturated heterocycles. The molecule has 1 amide bonds. The average molecular weight is 929 g/mol. The number of allylic oxidation sites excluding steroid dienone is 13. The number of quaternary nitrogens is 1. The molecule has 0 saturated carbocycles. The molecule has 0 aliphatic heterocycles. The van der Waals surface area contributed by atoms with Crippen molar-refractivity contribution >= 4 is 13.7 Å². The number of carbonyl (C=O) groups is 1. The van der Waals surface area contributed by atoms with Gasteiger partial charge in [-0.1, -0.05) is 221 Å². The van der Waals surface area contributed by atoms with Gasteiger partial charge >= 0.3 is 0 Å². The molecule has 0 aromatic heterocycles. The summed E-state index contributed by atoms with van der Waals surface area (Å²) in [5.74, 6) is -0.203. The fourth-order valence-corrected chi connectivity index (χ4v) is 7.94. The van der Waals surface area contributed by atoms with Crippen molar-refractivity contribution in [1.29, 1.82) is 0 Å². The Morgan fingerprint density at radius 1 is 0.554 bits per heavy atom. The van der Waals surface area contributed by atoms with Crippen LogP contribution in [-0.2, 0) is 18.4 Å². The monoisotopic (exact) mass is 929 g/mol. The van der Waals surface area contributed by atoms with E-state index < -0.39 is 20.0 Å². The average Bonchev–Trinajstić information content (AvgIpc) is 3.26. The Labute approximate surface area is 401 Å². The third-order valence-corrected chi connectivity index (χ3v) is 12.3. The van der Waals surface area contributed by atoms with E-state index in [0.29, 0.717) is 17.4 Å². The molecule has 9 heteroatoms. The summed E-state index contributed by atoms with van der Waals surface area (Å²) in [7, 11) is 1.25. The molecule has 0 aliphatic rings. The number of nitrogens with zero attached hydrogens (tertiary/aromatic N) is 1. The first-order valence-electron chi connectivity index (χ1n) is 26.4. The maximum absolute atomic E-state index is 12.9. The number of phosphoric acid groups is 1. The molecule has 65 heavy (non-hydrogen) atoms. The van der Waals surface area contributed by atoms with Gasteiger partial charge in [-0.2, -0.15) is 0 Å². The molecule has 8 nitrogen and oxygen atoms in total. The molecule has 0 spiro atoms. The van der Waals surface area contributed by atoms with Gasteiger partial charge in [0.25, 0.3) is 7.82 Å². The summed E-state index contributed by atoms with van der Waals surface area (Å²) in [5, 5.41) is 13.8. The van der Waals surface area contributed by atoms with Gasteiger partial charge in [0.2, 0.25) is 5.91 Å². The number of hydrogen-bond acceptors (Lipinski definition) is 6. The molecule has 0 aromatic rings. The van der Waals surface area contributed by atoms with Crippen LogP contribution in [0.2, 0.25) is 0 Å². The first-order valence-corrected chi connectivity index (χ1v) is 27.9. The molecule has 0 aliphatic carbocycles. The maximum Gasteiger partial charge on any atom is 0.268 e. The van der Waals surface area contributed by atoms with E-state index in [2.05, 4.69) is 92.1 Å². The summed E-state index contributed by atoms with van der Waals surface area (Å²) in [6.07, 6.45) is 65.2. The zero-order valence-electron chi connectivity index (χ0n) is 42.7. The Kier molecular flexibility index (Phi) is 45.1. The standard InChI is InChI=1S/C56H101N2O6P/c1-6-8-10-12-14-16-18-19-20-21-22-23-24-25-26-27-28-29-30-31-32-33-34-35-36-37-38-39-40-42-44-46-48-50-56(60)57-54(53-64-65(61,62)63-52-51-58(3,4)5)55(59)49-47-45-43-41-17-15-13-11-9-7-2/h8,10,14,16,19-20,22-23,25-26,28-29,47,49,54-55,59H,6-7,9,11-13,15,17-18,21,24,27,30-46,48,50-53H2,1-5H3,(H-,57,60,61,62)/b10-8-,16-14-,20-19-,23-22-,26-25-,29-28-,49-47+. The van der Waals surface area contributed by atoms with E-state index in [4.69, 9.17) is 9.05 Å².